The van der Waals surface area contributed by atoms with Crippen LogP contribution in [-0.4, -0.2) is 48.5 Å². The maximum Gasteiger partial charge on any atom is 0.409 e. The van der Waals surface area contributed by atoms with Gasteiger partial charge < -0.3 is 0 Å². The third-order valence-electron chi connectivity index (χ3n) is 3.56. The summed E-state index contributed by atoms with van der Waals surface area (Å²) in [5, 5.41) is 0. The summed E-state index contributed by atoms with van der Waals surface area (Å²) < 4.78 is 141. The zero-order valence-electron chi connectivity index (χ0n) is 11.5. The third-order valence-corrected chi connectivity index (χ3v) is 3.56. The van der Waals surface area contributed by atoms with Crippen LogP contribution in [0.15, 0.2) is 0 Å². The molecule has 0 aromatic rings. The summed E-state index contributed by atoms with van der Waals surface area (Å²) in [6, 6.07) is -3.72. The van der Waals surface area contributed by atoms with Crippen molar-refractivity contribution in [2.45, 2.75) is 43.8 Å². The number of likely N-dealkylation sites (tertiary alicyclic amines) is 1. The number of alkyl halides is 11. The van der Waals surface area contributed by atoms with Crippen LogP contribution in [0.4, 0.5) is 48.3 Å². The Morgan fingerprint density at radius 1 is 0.739 bits per heavy atom. The van der Waals surface area contributed by atoms with Gasteiger partial charge in [0.15, 0.2) is 6.04 Å². The predicted octanol–water partition coefficient (Wildman–Crippen LogP) is 4.64. The number of rotatable bonds is 2. The largest absolute Gasteiger partial charge is 0.409 e. The van der Waals surface area contributed by atoms with Gasteiger partial charge in [-0.2, -0.15) is 39.5 Å². The van der Waals surface area contributed by atoms with Crippen molar-refractivity contribution in [3.05, 3.63) is 0 Å². The fourth-order valence-corrected chi connectivity index (χ4v) is 2.63. The van der Waals surface area contributed by atoms with E-state index in [1.54, 1.807) is 0 Å². The molecule has 1 nitrogen and oxygen atoms in total. The second-order valence-corrected chi connectivity index (χ2v) is 5.57. The van der Waals surface area contributed by atoms with Gasteiger partial charge in [0.25, 0.3) is 5.92 Å². The van der Waals surface area contributed by atoms with E-state index in [4.69, 9.17) is 0 Å². The minimum absolute atomic E-state index is 0.190. The predicted molar refractivity (Wildman–Crippen MR) is 55.7 cm³/mol. The Hall–Kier alpha value is -0.810. The van der Waals surface area contributed by atoms with Crippen molar-refractivity contribution in [1.82, 2.24) is 4.90 Å². The number of halogens is 11. The van der Waals surface area contributed by atoms with Crippen molar-refractivity contribution in [1.29, 1.82) is 0 Å². The molecule has 0 saturated carbocycles. The van der Waals surface area contributed by atoms with E-state index in [0.29, 0.717) is 0 Å². The van der Waals surface area contributed by atoms with Crippen LogP contribution in [0.1, 0.15) is 13.3 Å². The van der Waals surface area contributed by atoms with Crippen molar-refractivity contribution < 1.29 is 48.3 Å². The van der Waals surface area contributed by atoms with Gasteiger partial charge in [0.05, 0.1) is 11.8 Å². The van der Waals surface area contributed by atoms with Crippen molar-refractivity contribution >= 4 is 0 Å². The lowest BCUT2D eigenvalue weighted by Gasteiger charge is -2.44. The monoisotopic (exact) mass is 367 g/mol. The topological polar surface area (TPSA) is 3.24 Å². The van der Waals surface area contributed by atoms with Crippen LogP contribution < -0.4 is 0 Å². The molecule has 0 aromatic heterocycles. The van der Waals surface area contributed by atoms with Gasteiger partial charge in [-0.1, -0.05) is 0 Å². The highest BCUT2D eigenvalue weighted by molar-refractivity contribution is 4.95. The summed E-state index contributed by atoms with van der Waals surface area (Å²) in [6.45, 7) is -3.32. The van der Waals surface area contributed by atoms with E-state index in [0.717, 1.165) is 0 Å². The van der Waals surface area contributed by atoms with Gasteiger partial charge in [0, 0.05) is 20.0 Å². The molecule has 1 fully saturated rings. The lowest BCUT2D eigenvalue weighted by Crippen LogP contribution is -2.61. The Bertz CT molecular complexity index is 366. The molecule has 0 radical (unpaired) electrons. The van der Waals surface area contributed by atoms with E-state index in [1.807, 2.05) is 0 Å². The SMILES string of the molecule is CC(F)(F)C(N1CC(C(F)(F)F)CC(C(F)(F)F)C1)C(F)(F)F. The first-order valence-electron chi connectivity index (χ1n) is 6.26. The fourth-order valence-electron chi connectivity index (χ4n) is 2.63. The van der Waals surface area contributed by atoms with Crippen molar-refractivity contribution in [2.24, 2.45) is 11.8 Å². The molecule has 0 aliphatic carbocycles. The van der Waals surface area contributed by atoms with Crippen LogP contribution in [-0.2, 0) is 0 Å². The van der Waals surface area contributed by atoms with Gasteiger partial charge in [-0.25, -0.2) is 8.78 Å². The van der Waals surface area contributed by atoms with Crippen molar-refractivity contribution in [3.8, 4) is 0 Å². The van der Waals surface area contributed by atoms with Gasteiger partial charge in [0.1, 0.15) is 0 Å². The molecule has 1 heterocycles. The minimum Gasteiger partial charge on any atom is -0.286 e. The molecule has 0 N–H and O–H groups in total. The second-order valence-electron chi connectivity index (χ2n) is 5.57. The first-order valence-corrected chi connectivity index (χ1v) is 6.26. The first-order chi connectivity index (χ1) is 9.94. The maximum absolute atomic E-state index is 13.2. The number of hydrogen-bond acceptors (Lipinski definition) is 1. The highest BCUT2D eigenvalue weighted by Gasteiger charge is 2.60. The highest BCUT2D eigenvalue weighted by Crippen LogP contribution is 2.45. The third kappa shape index (κ3) is 5.08. The fraction of sp³-hybridized carbons (Fsp3) is 1.00. The number of nitrogens with zero attached hydrogens (tertiary/aromatic N) is 1. The molecule has 138 valence electrons. The van der Waals surface area contributed by atoms with E-state index in [9.17, 15) is 48.3 Å². The smallest absolute Gasteiger partial charge is 0.286 e. The van der Waals surface area contributed by atoms with Gasteiger partial charge in [-0.3, -0.25) is 4.90 Å². The minimum atomic E-state index is -5.68. The summed E-state index contributed by atoms with van der Waals surface area (Å²) in [5.74, 6) is -10.1. The number of hydrogen-bond donors (Lipinski definition) is 0. The van der Waals surface area contributed by atoms with E-state index in [-0.39, 0.29) is 6.92 Å². The highest BCUT2D eigenvalue weighted by atomic mass is 19.4. The molecule has 12 heteroatoms. The molecule has 1 rings (SSSR count). The first kappa shape index (κ1) is 20.2. The molecule has 0 bridgehead atoms. The molecule has 0 aromatic carbocycles. The molecule has 1 saturated heterocycles. The molecule has 0 spiro atoms. The van der Waals surface area contributed by atoms with Crippen molar-refractivity contribution in [2.75, 3.05) is 13.1 Å². The number of piperidine rings is 1. The van der Waals surface area contributed by atoms with E-state index in [1.165, 1.54) is 0 Å². The Morgan fingerprint density at radius 2 is 1.09 bits per heavy atom. The summed E-state index contributed by atoms with van der Waals surface area (Å²) >= 11 is 0. The van der Waals surface area contributed by atoms with Gasteiger partial charge in [-0.05, 0) is 6.42 Å². The zero-order valence-corrected chi connectivity index (χ0v) is 11.5. The lowest BCUT2D eigenvalue weighted by atomic mass is 9.86. The maximum atomic E-state index is 13.2. The molecular formula is C11H12F11N. The summed E-state index contributed by atoms with van der Waals surface area (Å²) in [7, 11) is 0. The average Bonchev–Trinajstić information content (AvgIpc) is 2.21. The molecule has 1 aliphatic heterocycles. The Labute approximate surface area is 123 Å². The van der Waals surface area contributed by atoms with Crippen LogP contribution in [0.25, 0.3) is 0 Å². The quantitative estimate of drug-likeness (QED) is 0.643. The summed E-state index contributed by atoms with van der Waals surface area (Å²) in [4.78, 5) is -0.459. The lowest BCUT2D eigenvalue weighted by molar-refractivity contribution is -0.277. The molecule has 1 aliphatic rings. The Balaban J connectivity index is 3.21. The molecule has 3 unspecified atom stereocenters. The van der Waals surface area contributed by atoms with Crippen LogP contribution in [0.2, 0.25) is 0 Å². The van der Waals surface area contributed by atoms with Crippen LogP contribution in [0, 0.1) is 11.8 Å². The Kier molecular flexibility index (Phi) is 5.21. The second kappa shape index (κ2) is 5.92. The van der Waals surface area contributed by atoms with E-state index >= 15 is 0 Å². The van der Waals surface area contributed by atoms with Gasteiger partial charge in [0.2, 0.25) is 0 Å². The van der Waals surface area contributed by atoms with E-state index in [2.05, 4.69) is 0 Å². The van der Waals surface area contributed by atoms with Crippen LogP contribution >= 0.6 is 0 Å². The molecule has 23 heavy (non-hydrogen) atoms. The summed E-state index contributed by atoms with van der Waals surface area (Å²) in [6.07, 6.45) is -17.6. The average molecular weight is 367 g/mol. The Morgan fingerprint density at radius 3 is 1.30 bits per heavy atom. The summed E-state index contributed by atoms with van der Waals surface area (Å²) in [5.41, 5.74) is 0. The van der Waals surface area contributed by atoms with E-state index < -0.39 is 66.7 Å². The molecule has 3 atom stereocenters. The standard InChI is InChI=1S/C11H12F11N/c1-8(12,13)7(11(20,21)22)23-3-5(9(14,15)16)2-6(4-23)10(17,18)19/h5-7H,2-4H2,1H3. The normalized spacial score (nSPS) is 27.1. The van der Waals surface area contributed by atoms with Crippen molar-refractivity contribution in [3.63, 3.8) is 0 Å². The van der Waals surface area contributed by atoms with Crippen LogP contribution in [0.3, 0.4) is 0 Å². The molecule has 0 amide bonds. The van der Waals surface area contributed by atoms with Gasteiger partial charge >= 0.3 is 18.5 Å². The van der Waals surface area contributed by atoms with Crippen LogP contribution in [0.5, 0.6) is 0 Å². The molecular weight excluding hydrogens is 355 g/mol. The van der Waals surface area contributed by atoms with Gasteiger partial charge in [-0.15, -0.1) is 0 Å². The zero-order chi connectivity index (χ0) is 18.4.